The van der Waals surface area contributed by atoms with Gasteiger partial charge in [0.25, 0.3) is 0 Å². The number of carbonyl (C=O) groups is 1. The monoisotopic (exact) mass is 508 g/mol. The lowest BCUT2D eigenvalue weighted by molar-refractivity contribution is 0.195. The molecule has 0 saturated heterocycles. The van der Waals surface area contributed by atoms with E-state index in [9.17, 15) is 9.90 Å². The Morgan fingerprint density at radius 2 is 1.89 bits per heavy atom. The molecular formula is C30H32N6O2. The van der Waals surface area contributed by atoms with Gasteiger partial charge >= 0.3 is 6.09 Å². The summed E-state index contributed by atoms with van der Waals surface area (Å²) in [6.45, 7) is 0.675. The standard InChI is InChI=1S/C30H32N6O2/c1-32-24-11-13-25(14-12-24)36(30(37)38)29-19-21(9-15-26(29)23-7-3-2-4-8-23)6-5-17-35-28-16-10-22(20-31)18-27(28)33-34-35/h2-4,7-10,15-16,18-19,24-25,32H,5-6,11-14,17H2,1H3,(H,37,38). The van der Waals surface area contributed by atoms with Gasteiger partial charge in [0.2, 0.25) is 0 Å². The van der Waals surface area contributed by atoms with Crippen molar-refractivity contribution in [1.82, 2.24) is 20.3 Å². The van der Waals surface area contributed by atoms with Crippen LogP contribution in [0, 0.1) is 11.3 Å². The number of nitrogens with one attached hydrogen (secondary N) is 1. The van der Waals surface area contributed by atoms with Gasteiger partial charge in [0.15, 0.2) is 0 Å². The van der Waals surface area contributed by atoms with Crippen molar-refractivity contribution in [2.24, 2.45) is 0 Å². The highest BCUT2D eigenvalue weighted by Crippen LogP contribution is 2.36. The zero-order valence-corrected chi connectivity index (χ0v) is 21.5. The lowest BCUT2D eigenvalue weighted by atomic mass is 9.89. The van der Waals surface area contributed by atoms with Crippen LogP contribution in [-0.2, 0) is 13.0 Å². The largest absolute Gasteiger partial charge is 0.465 e. The summed E-state index contributed by atoms with van der Waals surface area (Å²) < 4.78 is 1.86. The smallest absolute Gasteiger partial charge is 0.412 e. The van der Waals surface area contributed by atoms with Crippen LogP contribution < -0.4 is 10.2 Å². The first-order chi connectivity index (χ1) is 18.6. The van der Waals surface area contributed by atoms with E-state index in [1.807, 2.05) is 48.1 Å². The third-order valence-corrected chi connectivity index (χ3v) is 7.56. The van der Waals surface area contributed by atoms with Gasteiger partial charge < -0.3 is 10.4 Å². The third kappa shape index (κ3) is 5.38. The molecule has 1 fully saturated rings. The van der Waals surface area contributed by atoms with Crippen molar-refractivity contribution in [1.29, 1.82) is 5.26 Å². The highest BCUT2D eigenvalue weighted by Gasteiger charge is 2.31. The van der Waals surface area contributed by atoms with Gasteiger partial charge in [-0.25, -0.2) is 9.48 Å². The topological polar surface area (TPSA) is 107 Å². The number of hydrogen-bond donors (Lipinski definition) is 2. The molecule has 1 aliphatic carbocycles. The number of carboxylic acid groups (broad SMARTS) is 1. The fraction of sp³-hybridized carbons (Fsp3) is 0.333. The summed E-state index contributed by atoms with van der Waals surface area (Å²) in [6, 6.07) is 24.2. The Morgan fingerprint density at radius 3 is 2.61 bits per heavy atom. The number of benzene rings is 3. The molecular weight excluding hydrogens is 476 g/mol. The van der Waals surface area contributed by atoms with Crippen LogP contribution in [0.3, 0.4) is 0 Å². The van der Waals surface area contributed by atoms with E-state index in [1.165, 1.54) is 0 Å². The lowest BCUT2D eigenvalue weighted by Crippen LogP contribution is -2.44. The van der Waals surface area contributed by atoms with Crippen molar-refractivity contribution in [2.45, 2.75) is 57.2 Å². The number of hydrogen-bond acceptors (Lipinski definition) is 5. The first kappa shape index (κ1) is 25.4. The number of aryl methyl sites for hydroxylation is 2. The number of anilines is 1. The Hall–Kier alpha value is -4.22. The van der Waals surface area contributed by atoms with Crippen LogP contribution in [0.25, 0.3) is 22.2 Å². The molecule has 0 aliphatic heterocycles. The number of fused-ring (bicyclic) bond motifs is 1. The van der Waals surface area contributed by atoms with Crippen molar-refractivity contribution in [3.63, 3.8) is 0 Å². The molecule has 5 rings (SSSR count). The zero-order chi connectivity index (χ0) is 26.5. The molecule has 2 N–H and O–H groups in total. The molecule has 0 spiro atoms. The Morgan fingerprint density at radius 1 is 1.11 bits per heavy atom. The lowest BCUT2D eigenvalue weighted by Gasteiger charge is -2.36. The first-order valence-electron chi connectivity index (χ1n) is 13.2. The van der Waals surface area contributed by atoms with Crippen LogP contribution in [-0.4, -0.2) is 45.3 Å². The number of aromatic nitrogens is 3. The molecule has 8 heteroatoms. The van der Waals surface area contributed by atoms with Crippen molar-refractivity contribution in [2.75, 3.05) is 11.9 Å². The average Bonchev–Trinajstić information content (AvgIpc) is 3.36. The number of nitrogens with zero attached hydrogens (tertiary/aromatic N) is 5. The molecule has 8 nitrogen and oxygen atoms in total. The zero-order valence-electron chi connectivity index (χ0n) is 21.5. The van der Waals surface area contributed by atoms with Crippen LogP contribution in [0.4, 0.5) is 10.5 Å². The summed E-state index contributed by atoms with van der Waals surface area (Å²) in [5, 5.41) is 31.3. The normalized spacial score (nSPS) is 17.3. The summed E-state index contributed by atoms with van der Waals surface area (Å²) in [5.74, 6) is 0. The highest BCUT2D eigenvalue weighted by atomic mass is 16.4. The predicted molar refractivity (Wildman–Crippen MR) is 148 cm³/mol. The Labute approximate surface area is 222 Å². The second-order valence-corrected chi connectivity index (χ2v) is 9.90. The second kappa shape index (κ2) is 11.4. The molecule has 0 atom stereocenters. The van der Waals surface area contributed by atoms with Gasteiger partial charge in [0, 0.05) is 24.2 Å². The van der Waals surface area contributed by atoms with Gasteiger partial charge in [-0.05, 0) is 81.0 Å². The second-order valence-electron chi connectivity index (χ2n) is 9.90. The van der Waals surface area contributed by atoms with E-state index < -0.39 is 6.09 Å². The van der Waals surface area contributed by atoms with E-state index in [0.717, 1.165) is 66.4 Å². The molecule has 0 radical (unpaired) electrons. The molecule has 38 heavy (non-hydrogen) atoms. The van der Waals surface area contributed by atoms with Gasteiger partial charge in [0.05, 0.1) is 22.8 Å². The maximum atomic E-state index is 12.7. The van der Waals surface area contributed by atoms with E-state index in [-0.39, 0.29) is 6.04 Å². The van der Waals surface area contributed by atoms with Gasteiger partial charge in [-0.1, -0.05) is 47.7 Å². The van der Waals surface area contributed by atoms with Gasteiger partial charge in [0.1, 0.15) is 5.52 Å². The van der Waals surface area contributed by atoms with Gasteiger partial charge in [-0.3, -0.25) is 4.90 Å². The molecule has 1 amide bonds. The van der Waals surface area contributed by atoms with E-state index in [0.29, 0.717) is 23.7 Å². The van der Waals surface area contributed by atoms with Crippen LogP contribution in [0.5, 0.6) is 0 Å². The summed E-state index contributed by atoms with van der Waals surface area (Å²) in [6.07, 6.45) is 4.30. The molecule has 1 saturated carbocycles. The van der Waals surface area contributed by atoms with Gasteiger partial charge in [-0.15, -0.1) is 5.10 Å². The molecule has 3 aromatic carbocycles. The van der Waals surface area contributed by atoms with E-state index in [2.05, 4.69) is 39.9 Å². The summed E-state index contributed by atoms with van der Waals surface area (Å²) in [7, 11) is 1.97. The maximum Gasteiger partial charge on any atom is 0.412 e. The minimum absolute atomic E-state index is 0.0466. The molecule has 0 bridgehead atoms. The number of nitriles is 1. The third-order valence-electron chi connectivity index (χ3n) is 7.56. The maximum absolute atomic E-state index is 12.7. The molecule has 0 unspecified atom stereocenters. The molecule has 4 aromatic rings. The first-order valence-corrected chi connectivity index (χ1v) is 13.2. The van der Waals surface area contributed by atoms with Crippen LogP contribution >= 0.6 is 0 Å². The summed E-state index contributed by atoms with van der Waals surface area (Å²) in [5.41, 5.74) is 5.97. The molecule has 1 aliphatic rings. The van der Waals surface area contributed by atoms with E-state index in [1.54, 1.807) is 17.0 Å². The van der Waals surface area contributed by atoms with Crippen molar-refractivity contribution in [3.8, 4) is 17.2 Å². The van der Waals surface area contributed by atoms with Crippen molar-refractivity contribution < 1.29 is 9.90 Å². The fourth-order valence-electron chi connectivity index (χ4n) is 5.51. The predicted octanol–water partition coefficient (Wildman–Crippen LogP) is 5.62. The Bertz CT molecular complexity index is 1450. The Kier molecular flexibility index (Phi) is 7.66. The molecule has 1 heterocycles. The fourth-order valence-corrected chi connectivity index (χ4v) is 5.51. The average molecular weight is 509 g/mol. The molecule has 1 aromatic heterocycles. The van der Waals surface area contributed by atoms with Crippen LogP contribution in [0.1, 0.15) is 43.2 Å². The summed E-state index contributed by atoms with van der Waals surface area (Å²) in [4.78, 5) is 14.3. The quantitative estimate of drug-likeness (QED) is 0.320. The van der Waals surface area contributed by atoms with E-state index in [4.69, 9.17) is 5.26 Å². The molecule has 194 valence electrons. The Balaban J connectivity index is 1.40. The van der Waals surface area contributed by atoms with Crippen LogP contribution in [0.15, 0.2) is 66.7 Å². The minimum Gasteiger partial charge on any atom is -0.465 e. The van der Waals surface area contributed by atoms with Crippen molar-refractivity contribution >= 4 is 22.8 Å². The van der Waals surface area contributed by atoms with Crippen molar-refractivity contribution in [3.05, 3.63) is 77.9 Å². The van der Waals surface area contributed by atoms with E-state index >= 15 is 0 Å². The summed E-state index contributed by atoms with van der Waals surface area (Å²) >= 11 is 0. The highest BCUT2D eigenvalue weighted by molar-refractivity contribution is 5.93. The minimum atomic E-state index is -0.905. The number of amides is 1. The van der Waals surface area contributed by atoms with Gasteiger partial charge in [-0.2, -0.15) is 5.26 Å². The van der Waals surface area contributed by atoms with Crippen LogP contribution in [0.2, 0.25) is 0 Å². The number of rotatable bonds is 8. The SMILES string of the molecule is CNC1CCC(N(C(=O)O)c2cc(CCCn3nnc4cc(C#N)ccc43)ccc2-c2ccccc2)CC1.